The van der Waals surface area contributed by atoms with Crippen LogP contribution in [0.4, 0.5) is 0 Å². The Morgan fingerprint density at radius 1 is 1.60 bits per heavy atom. The van der Waals surface area contributed by atoms with Crippen molar-refractivity contribution in [2.24, 2.45) is 5.92 Å². The molecule has 0 spiro atoms. The summed E-state index contributed by atoms with van der Waals surface area (Å²) in [5.74, 6) is 3.59. The summed E-state index contributed by atoms with van der Waals surface area (Å²) in [6.07, 6.45) is 5.55. The molecule has 1 fully saturated rings. The molecule has 0 aromatic rings. The number of carbonyl (C=O) groups is 1. The lowest BCUT2D eigenvalue weighted by molar-refractivity contribution is -0.107. The smallest absolute Gasteiger partial charge is 0.119 e. The molecule has 0 saturated carbocycles. The largest absolute Gasteiger partial charge is 0.303 e. The van der Waals surface area contributed by atoms with Crippen molar-refractivity contribution >= 4 is 18.0 Å². The molecular weight excluding hydrogens is 144 g/mol. The van der Waals surface area contributed by atoms with Crippen molar-refractivity contribution in [1.29, 1.82) is 0 Å². The van der Waals surface area contributed by atoms with Crippen molar-refractivity contribution in [3.05, 3.63) is 0 Å². The van der Waals surface area contributed by atoms with Crippen LogP contribution in [0.5, 0.6) is 0 Å². The molecule has 1 atom stereocenters. The molecule has 1 aliphatic heterocycles. The predicted molar refractivity (Wildman–Crippen MR) is 45.3 cm³/mol. The third-order valence-corrected chi connectivity index (χ3v) is 3.19. The molecule has 1 heterocycles. The highest BCUT2D eigenvalue weighted by atomic mass is 32.2. The number of thioether (sulfide) groups is 1. The van der Waals surface area contributed by atoms with E-state index < -0.39 is 0 Å². The Labute approximate surface area is 66.6 Å². The van der Waals surface area contributed by atoms with Crippen LogP contribution < -0.4 is 0 Å². The summed E-state index contributed by atoms with van der Waals surface area (Å²) >= 11 is 2.05. The molecule has 0 amide bonds. The van der Waals surface area contributed by atoms with Crippen LogP contribution in [0.2, 0.25) is 0 Å². The van der Waals surface area contributed by atoms with Gasteiger partial charge in [-0.2, -0.15) is 11.8 Å². The van der Waals surface area contributed by atoms with Crippen LogP contribution >= 0.6 is 11.8 Å². The zero-order valence-corrected chi connectivity index (χ0v) is 7.03. The van der Waals surface area contributed by atoms with E-state index in [1.165, 1.54) is 24.3 Å². The molecule has 0 aromatic carbocycles. The minimum Gasteiger partial charge on any atom is -0.303 e. The van der Waals surface area contributed by atoms with E-state index in [0.717, 1.165) is 25.0 Å². The number of aldehydes is 1. The molecule has 1 saturated heterocycles. The quantitative estimate of drug-likeness (QED) is 0.460. The van der Waals surface area contributed by atoms with Gasteiger partial charge in [-0.1, -0.05) is 0 Å². The second-order valence-corrected chi connectivity index (χ2v) is 3.98. The fraction of sp³-hybridized carbons (Fsp3) is 0.875. The minimum atomic E-state index is 0.765. The molecule has 10 heavy (non-hydrogen) atoms. The van der Waals surface area contributed by atoms with Gasteiger partial charge < -0.3 is 4.79 Å². The van der Waals surface area contributed by atoms with Crippen LogP contribution in [0.25, 0.3) is 0 Å². The van der Waals surface area contributed by atoms with Gasteiger partial charge >= 0.3 is 0 Å². The van der Waals surface area contributed by atoms with Crippen molar-refractivity contribution in [2.45, 2.75) is 25.7 Å². The van der Waals surface area contributed by atoms with E-state index in [4.69, 9.17) is 0 Å². The van der Waals surface area contributed by atoms with Crippen molar-refractivity contribution in [3.63, 3.8) is 0 Å². The Morgan fingerprint density at radius 2 is 2.50 bits per heavy atom. The first-order valence-corrected chi connectivity index (χ1v) is 5.10. The first kappa shape index (κ1) is 8.12. The molecule has 0 bridgehead atoms. The van der Waals surface area contributed by atoms with Crippen LogP contribution in [0.1, 0.15) is 25.7 Å². The van der Waals surface area contributed by atoms with Crippen molar-refractivity contribution < 1.29 is 4.79 Å². The number of rotatable bonds is 4. The first-order valence-electron chi connectivity index (χ1n) is 3.95. The monoisotopic (exact) mass is 158 g/mol. The van der Waals surface area contributed by atoms with E-state index in [-0.39, 0.29) is 0 Å². The lowest BCUT2D eigenvalue weighted by atomic mass is 10.0. The molecular formula is C8H14OS. The maximum Gasteiger partial charge on any atom is 0.119 e. The van der Waals surface area contributed by atoms with E-state index in [1.807, 2.05) is 0 Å². The van der Waals surface area contributed by atoms with Gasteiger partial charge in [0.25, 0.3) is 0 Å². The molecule has 0 aliphatic carbocycles. The van der Waals surface area contributed by atoms with Gasteiger partial charge in [0.05, 0.1) is 0 Å². The van der Waals surface area contributed by atoms with Crippen LogP contribution in [0.3, 0.4) is 0 Å². The second-order valence-electron chi connectivity index (χ2n) is 2.83. The molecule has 1 aliphatic rings. The van der Waals surface area contributed by atoms with Crippen LogP contribution in [-0.2, 0) is 4.79 Å². The average Bonchev–Trinajstić information content (AvgIpc) is 2.41. The highest BCUT2D eigenvalue weighted by Gasteiger charge is 2.13. The summed E-state index contributed by atoms with van der Waals surface area (Å²) in [6.45, 7) is 0. The fourth-order valence-corrected chi connectivity index (χ4v) is 2.63. The number of carbonyl (C=O) groups excluding carboxylic acids is 1. The number of hydrogen-bond acceptors (Lipinski definition) is 2. The highest BCUT2D eigenvalue weighted by Crippen LogP contribution is 2.27. The van der Waals surface area contributed by atoms with Gasteiger partial charge in [0, 0.05) is 6.42 Å². The van der Waals surface area contributed by atoms with Crippen molar-refractivity contribution in [1.82, 2.24) is 0 Å². The van der Waals surface area contributed by atoms with Gasteiger partial charge in [0.1, 0.15) is 6.29 Å². The molecule has 1 unspecified atom stereocenters. The lowest BCUT2D eigenvalue weighted by Crippen LogP contribution is -1.96. The van der Waals surface area contributed by atoms with Crippen LogP contribution in [0, 0.1) is 5.92 Å². The second kappa shape index (κ2) is 4.78. The Balaban J connectivity index is 1.96. The first-order chi connectivity index (χ1) is 4.93. The summed E-state index contributed by atoms with van der Waals surface area (Å²) in [7, 11) is 0. The van der Waals surface area contributed by atoms with Crippen LogP contribution in [-0.4, -0.2) is 17.8 Å². The van der Waals surface area contributed by atoms with Crippen molar-refractivity contribution in [2.75, 3.05) is 11.5 Å². The highest BCUT2D eigenvalue weighted by molar-refractivity contribution is 7.99. The summed E-state index contributed by atoms with van der Waals surface area (Å²) in [5.41, 5.74) is 0. The number of unbranched alkanes of at least 4 members (excludes halogenated alkanes) is 1. The summed E-state index contributed by atoms with van der Waals surface area (Å²) in [5, 5.41) is 0. The molecule has 0 N–H and O–H groups in total. The van der Waals surface area contributed by atoms with Crippen LogP contribution in [0.15, 0.2) is 0 Å². The Kier molecular flexibility index (Phi) is 3.88. The Bertz CT molecular complexity index is 97.4. The van der Waals surface area contributed by atoms with E-state index in [2.05, 4.69) is 11.8 Å². The van der Waals surface area contributed by atoms with E-state index in [0.29, 0.717) is 0 Å². The van der Waals surface area contributed by atoms with Gasteiger partial charge in [-0.15, -0.1) is 0 Å². The molecule has 58 valence electrons. The molecule has 0 radical (unpaired) electrons. The standard InChI is InChI=1S/C8H14OS/c9-5-2-1-3-8-4-6-10-7-8/h5,8H,1-4,6-7H2. The summed E-state index contributed by atoms with van der Waals surface area (Å²) in [6, 6.07) is 0. The summed E-state index contributed by atoms with van der Waals surface area (Å²) in [4.78, 5) is 9.97. The van der Waals surface area contributed by atoms with Gasteiger partial charge in [-0.25, -0.2) is 0 Å². The normalized spacial score (nSPS) is 25.0. The molecule has 0 aromatic heterocycles. The molecule has 2 heteroatoms. The van der Waals surface area contributed by atoms with E-state index in [1.54, 1.807) is 0 Å². The predicted octanol–water partition coefficient (Wildman–Crippen LogP) is 2.11. The summed E-state index contributed by atoms with van der Waals surface area (Å²) < 4.78 is 0. The Morgan fingerprint density at radius 3 is 3.10 bits per heavy atom. The maximum atomic E-state index is 9.97. The zero-order valence-electron chi connectivity index (χ0n) is 6.21. The average molecular weight is 158 g/mol. The van der Waals surface area contributed by atoms with E-state index >= 15 is 0 Å². The zero-order chi connectivity index (χ0) is 7.23. The van der Waals surface area contributed by atoms with Crippen molar-refractivity contribution in [3.8, 4) is 0 Å². The maximum absolute atomic E-state index is 9.97. The SMILES string of the molecule is O=CCCCC1CCSC1. The molecule has 1 rings (SSSR count). The minimum absolute atomic E-state index is 0.765. The molecule has 1 nitrogen and oxygen atoms in total. The lowest BCUT2D eigenvalue weighted by Gasteiger charge is -2.04. The fourth-order valence-electron chi connectivity index (χ4n) is 1.30. The van der Waals surface area contributed by atoms with Gasteiger partial charge in [0.2, 0.25) is 0 Å². The van der Waals surface area contributed by atoms with Gasteiger partial charge in [-0.05, 0) is 36.7 Å². The van der Waals surface area contributed by atoms with E-state index in [9.17, 15) is 4.79 Å². The third kappa shape index (κ3) is 2.74. The number of hydrogen-bond donors (Lipinski definition) is 0. The van der Waals surface area contributed by atoms with Gasteiger partial charge in [0.15, 0.2) is 0 Å². The topological polar surface area (TPSA) is 17.1 Å². The van der Waals surface area contributed by atoms with Gasteiger partial charge in [-0.3, -0.25) is 0 Å². The Hall–Kier alpha value is 0.0200. The third-order valence-electron chi connectivity index (χ3n) is 1.96.